The Balaban J connectivity index is 2.11. The van der Waals surface area contributed by atoms with Crippen molar-refractivity contribution in [3.8, 4) is 11.5 Å². The molecule has 2 aromatic carbocycles. The van der Waals surface area contributed by atoms with E-state index in [1.54, 1.807) is 43.3 Å². The van der Waals surface area contributed by atoms with Crippen LogP contribution in [0.3, 0.4) is 0 Å². The number of carbonyl (C=O) groups is 1. The van der Waals surface area contributed by atoms with E-state index in [0.29, 0.717) is 11.3 Å². The van der Waals surface area contributed by atoms with Crippen LogP contribution in [0.5, 0.6) is 11.5 Å². The molecule has 2 rings (SSSR count). The molecule has 2 N–H and O–H groups in total. The Morgan fingerprint density at radius 3 is 2.64 bits per heavy atom. The van der Waals surface area contributed by atoms with Gasteiger partial charge in [-0.3, -0.25) is 4.79 Å². The van der Waals surface area contributed by atoms with Crippen molar-refractivity contribution in [1.29, 1.82) is 0 Å². The fourth-order valence-corrected chi connectivity index (χ4v) is 1.96. The average molecular weight is 303 g/mol. The van der Waals surface area contributed by atoms with Crippen LogP contribution in [0.1, 0.15) is 12.5 Å². The third-order valence-electron chi connectivity index (χ3n) is 3.01. The number of esters is 1. The van der Waals surface area contributed by atoms with Gasteiger partial charge in [0.1, 0.15) is 11.8 Å². The van der Waals surface area contributed by atoms with Crippen LogP contribution in [0, 0.1) is 5.82 Å². The van der Waals surface area contributed by atoms with Crippen molar-refractivity contribution < 1.29 is 18.7 Å². The molecular weight excluding hydrogens is 285 g/mol. The minimum Gasteiger partial charge on any atom is -0.465 e. The first-order valence-corrected chi connectivity index (χ1v) is 7.03. The van der Waals surface area contributed by atoms with Crippen molar-refractivity contribution in [2.45, 2.75) is 19.4 Å². The maximum atomic E-state index is 13.8. The van der Waals surface area contributed by atoms with E-state index in [9.17, 15) is 9.18 Å². The second kappa shape index (κ2) is 7.56. The lowest BCUT2D eigenvalue weighted by atomic mass is 10.1. The predicted molar refractivity (Wildman–Crippen MR) is 81.2 cm³/mol. The van der Waals surface area contributed by atoms with Gasteiger partial charge in [0.2, 0.25) is 0 Å². The lowest BCUT2D eigenvalue weighted by Gasteiger charge is -2.12. The van der Waals surface area contributed by atoms with Gasteiger partial charge < -0.3 is 15.2 Å². The van der Waals surface area contributed by atoms with E-state index in [4.69, 9.17) is 15.2 Å². The molecular formula is C17H18FNO3. The Kier molecular flexibility index (Phi) is 5.49. The summed E-state index contributed by atoms with van der Waals surface area (Å²) >= 11 is 0. The Labute approximate surface area is 128 Å². The molecule has 0 aromatic heterocycles. The van der Waals surface area contributed by atoms with E-state index in [1.165, 1.54) is 6.07 Å². The van der Waals surface area contributed by atoms with Gasteiger partial charge in [-0.25, -0.2) is 4.39 Å². The number of nitrogens with two attached hydrogens (primary N) is 1. The smallest absolute Gasteiger partial charge is 0.323 e. The van der Waals surface area contributed by atoms with Crippen LogP contribution in [0.25, 0.3) is 0 Å². The minimum absolute atomic E-state index is 0.0970. The maximum Gasteiger partial charge on any atom is 0.323 e. The second-order valence-corrected chi connectivity index (χ2v) is 4.74. The Bertz CT molecular complexity index is 631. The molecule has 0 heterocycles. The van der Waals surface area contributed by atoms with Crippen molar-refractivity contribution in [2.24, 2.45) is 5.73 Å². The fourth-order valence-electron chi connectivity index (χ4n) is 1.96. The maximum absolute atomic E-state index is 13.8. The highest BCUT2D eigenvalue weighted by molar-refractivity contribution is 5.75. The molecule has 0 radical (unpaired) electrons. The van der Waals surface area contributed by atoms with E-state index < -0.39 is 17.8 Å². The van der Waals surface area contributed by atoms with Crippen LogP contribution in [-0.2, 0) is 16.0 Å². The van der Waals surface area contributed by atoms with Crippen LogP contribution in [0.15, 0.2) is 48.5 Å². The second-order valence-electron chi connectivity index (χ2n) is 4.74. The first kappa shape index (κ1) is 16.0. The molecule has 0 spiro atoms. The van der Waals surface area contributed by atoms with E-state index >= 15 is 0 Å². The van der Waals surface area contributed by atoms with Gasteiger partial charge >= 0.3 is 5.97 Å². The van der Waals surface area contributed by atoms with Gasteiger partial charge in [-0.2, -0.15) is 0 Å². The molecule has 0 aliphatic carbocycles. The largest absolute Gasteiger partial charge is 0.465 e. The molecule has 0 aliphatic heterocycles. The summed E-state index contributed by atoms with van der Waals surface area (Å²) in [7, 11) is 0. The number of hydrogen-bond donors (Lipinski definition) is 1. The molecule has 0 saturated heterocycles. The third kappa shape index (κ3) is 4.30. The summed E-state index contributed by atoms with van der Waals surface area (Å²) in [6.45, 7) is 1.99. The molecule has 5 heteroatoms. The van der Waals surface area contributed by atoms with Crippen LogP contribution in [0.2, 0.25) is 0 Å². The standard InChI is InChI=1S/C17H18FNO3/c1-2-21-17(20)15(19)10-12-8-9-14(18)16(11-12)22-13-6-4-3-5-7-13/h3-9,11,15H,2,10,19H2,1H3. The molecule has 0 saturated carbocycles. The Morgan fingerprint density at radius 1 is 1.23 bits per heavy atom. The Hall–Kier alpha value is -2.40. The lowest BCUT2D eigenvalue weighted by Crippen LogP contribution is -2.34. The van der Waals surface area contributed by atoms with Crippen LogP contribution in [0.4, 0.5) is 4.39 Å². The van der Waals surface area contributed by atoms with Crippen molar-refractivity contribution in [3.05, 3.63) is 59.9 Å². The van der Waals surface area contributed by atoms with Gasteiger partial charge in [0.05, 0.1) is 6.61 Å². The molecule has 0 aliphatic rings. The fraction of sp³-hybridized carbons (Fsp3) is 0.235. The summed E-state index contributed by atoms with van der Waals surface area (Å²) in [5.41, 5.74) is 6.47. The molecule has 0 bridgehead atoms. The number of benzene rings is 2. The van der Waals surface area contributed by atoms with Crippen LogP contribution >= 0.6 is 0 Å². The molecule has 0 amide bonds. The zero-order valence-corrected chi connectivity index (χ0v) is 12.3. The SMILES string of the molecule is CCOC(=O)C(N)Cc1ccc(F)c(Oc2ccccc2)c1. The number of halogens is 1. The summed E-state index contributed by atoms with van der Waals surface area (Å²) in [6, 6.07) is 12.5. The first-order chi connectivity index (χ1) is 10.6. The highest BCUT2D eigenvalue weighted by Crippen LogP contribution is 2.25. The summed E-state index contributed by atoms with van der Waals surface area (Å²) in [6.07, 6.45) is 0.254. The molecule has 116 valence electrons. The summed E-state index contributed by atoms with van der Waals surface area (Å²) in [4.78, 5) is 11.5. The van der Waals surface area contributed by atoms with E-state index in [2.05, 4.69) is 0 Å². The van der Waals surface area contributed by atoms with E-state index in [0.717, 1.165) is 0 Å². The predicted octanol–water partition coefficient (Wildman–Crippen LogP) is 3.05. The quantitative estimate of drug-likeness (QED) is 0.833. The van der Waals surface area contributed by atoms with E-state index in [-0.39, 0.29) is 18.8 Å². The van der Waals surface area contributed by atoms with Crippen molar-refractivity contribution >= 4 is 5.97 Å². The third-order valence-corrected chi connectivity index (χ3v) is 3.01. The number of hydrogen-bond acceptors (Lipinski definition) is 4. The summed E-state index contributed by atoms with van der Waals surface area (Å²) in [5.74, 6) is -0.317. The molecule has 1 unspecified atom stereocenters. The van der Waals surface area contributed by atoms with Gasteiger partial charge in [-0.15, -0.1) is 0 Å². The lowest BCUT2D eigenvalue weighted by molar-refractivity contribution is -0.144. The molecule has 2 aromatic rings. The summed E-state index contributed by atoms with van der Waals surface area (Å²) in [5, 5.41) is 0. The van der Waals surface area contributed by atoms with Crippen molar-refractivity contribution in [1.82, 2.24) is 0 Å². The number of carbonyl (C=O) groups excluding carboxylic acids is 1. The van der Waals surface area contributed by atoms with E-state index in [1.807, 2.05) is 6.07 Å². The summed E-state index contributed by atoms with van der Waals surface area (Å²) < 4.78 is 24.2. The average Bonchev–Trinajstić information content (AvgIpc) is 2.52. The van der Waals surface area contributed by atoms with Gasteiger partial charge in [-0.1, -0.05) is 24.3 Å². The first-order valence-electron chi connectivity index (χ1n) is 7.03. The minimum atomic E-state index is -0.782. The molecule has 1 atom stereocenters. The van der Waals surface area contributed by atoms with Crippen LogP contribution in [-0.4, -0.2) is 18.6 Å². The number of para-hydroxylation sites is 1. The highest BCUT2D eigenvalue weighted by atomic mass is 19.1. The van der Waals surface area contributed by atoms with Crippen molar-refractivity contribution in [2.75, 3.05) is 6.61 Å². The molecule has 4 nitrogen and oxygen atoms in total. The van der Waals surface area contributed by atoms with Gasteiger partial charge in [0.25, 0.3) is 0 Å². The molecule has 0 fully saturated rings. The van der Waals surface area contributed by atoms with Gasteiger partial charge in [0, 0.05) is 0 Å². The highest BCUT2D eigenvalue weighted by Gasteiger charge is 2.16. The molecule has 22 heavy (non-hydrogen) atoms. The van der Waals surface area contributed by atoms with Crippen molar-refractivity contribution in [3.63, 3.8) is 0 Å². The topological polar surface area (TPSA) is 61.5 Å². The zero-order valence-electron chi connectivity index (χ0n) is 12.3. The number of ether oxygens (including phenoxy) is 2. The normalized spacial score (nSPS) is 11.8. The zero-order chi connectivity index (χ0) is 15.9. The van der Waals surface area contributed by atoms with Crippen LogP contribution < -0.4 is 10.5 Å². The van der Waals surface area contributed by atoms with Gasteiger partial charge in [0.15, 0.2) is 11.6 Å². The Morgan fingerprint density at radius 2 is 1.95 bits per heavy atom. The number of rotatable bonds is 6. The monoisotopic (exact) mass is 303 g/mol. The van der Waals surface area contributed by atoms with Gasteiger partial charge in [-0.05, 0) is 43.2 Å².